The Kier molecular flexibility index (Phi) is 6.52. The van der Waals surface area contributed by atoms with Crippen molar-refractivity contribution in [2.24, 2.45) is 0 Å². The van der Waals surface area contributed by atoms with Crippen LogP contribution in [0.2, 0.25) is 5.02 Å². The second-order valence-corrected chi connectivity index (χ2v) is 6.17. The molecule has 0 aliphatic heterocycles. The van der Waals surface area contributed by atoms with Gasteiger partial charge < -0.3 is 20.3 Å². The van der Waals surface area contributed by atoms with E-state index in [4.69, 9.17) is 16.3 Å². The van der Waals surface area contributed by atoms with E-state index in [1.165, 1.54) is 0 Å². The zero-order valence-corrected chi connectivity index (χ0v) is 13.4. The lowest BCUT2D eigenvalue weighted by molar-refractivity contribution is 0.0121. The quantitative estimate of drug-likeness (QED) is 0.718. The fourth-order valence-corrected chi connectivity index (χ4v) is 1.87. The standard InChI is InChI=1S/C14H20ClFN2O4/c1-14(2,3)22-13(21)17-5-4-10(19)12(20)8-6-11(16)18-7-9(8)15/h6-7,10,12,19-20H,4-5H2,1-3H3,(H,17,21). The minimum atomic E-state index is -1.38. The molecule has 0 saturated carbocycles. The second kappa shape index (κ2) is 7.71. The van der Waals surface area contributed by atoms with Gasteiger partial charge in [-0.1, -0.05) is 11.6 Å². The number of hydrogen-bond donors (Lipinski definition) is 3. The first-order chi connectivity index (χ1) is 10.1. The van der Waals surface area contributed by atoms with Gasteiger partial charge in [0.2, 0.25) is 5.95 Å². The fourth-order valence-electron chi connectivity index (χ4n) is 1.66. The van der Waals surface area contributed by atoms with Crippen molar-refractivity contribution in [2.75, 3.05) is 6.54 Å². The summed E-state index contributed by atoms with van der Waals surface area (Å²) in [5.41, 5.74) is -0.580. The van der Waals surface area contributed by atoms with E-state index in [0.29, 0.717) is 0 Å². The van der Waals surface area contributed by atoms with Crippen molar-refractivity contribution in [2.45, 2.75) is 45.0 Å². The van der Waals surface area contributed by atoms with Crippen LogP contribution in [0.3, 0.4) is 0 Å². The number of aromatic nitrogens is 1. The first-order valence-corrected chi connectivity index (χ1v) is 7.12. The molecule has 0 radical (unpaired) electrons. The molecule has 0 bridgehead atoms. The molecule has 1 amide bonds. The Morgan fingerprint density at radius 2 is 2.14 bits per heavy atom. The number of pyridine rings is 1. The van der Waals surface area contributed by atoms with Crippen molar-refractivity contribution in [1.29, 1.82) is 0 Å². The largest absolute Gasteiger partial charge is 0.444 e. The molecule has 2 atom stereocenters. The molecule has 3 N–H and O–H groups in total. The fraction of sp³-hybridized carbons (Fsp3) is 0.571. The van der Waals surface area contributed by atoms with Gasteiger partial charge in [-0.3, -0.25) is 0 Å². The zero-order chi connectivity index (χ0) is 16.9. The molecule has 124 valence electrons. The van der Waals surface area contributed by atoms with Crippen molar-refractivity contribution in [3.05, 3.63) is 28.8 Å². The molecule has 0 aromatic carbocycles. The predicted molar refractivity (Wildman–Crippen MR) is 79.0 cm³/mol. The molecule has 0 fully saturated rings. The Labute approximate surface area is 133 Å². The summed E-state index contributed by atoms with van der Waals surface area (Å²) in [6.45, 7) is 5.26. The SMILES string of the molecule is CC(C)(C)OC(=O)NCCC(O)C(O)c1cc(F)ncc1Cl. The summed E-state index contributed by atoms with van der Waals surface area (Å²) in [6.07, 6.45) is -2.14. The van der Waals surface area contributed by atoms with Crippen molar-refractivity contribution in [1.82, 2.24) is 10.3 Å². The number of rotatable bonds is 5. The van der Waals surface area contributed by atoms with Crippen LogP contribution in [0.1, 0.15) is 38.9 Å². The molecule has 1 aromatic heterocycles. The van der Waals surface area contributed by atoms with Crippen LogP contribution in [-0.2, 0) is 4.74 Å². The molecule has 1 heterocycles. The maximum atomic E-state index is 13.1. The topological polar surface area (TPSA) is 91.7 Å². The molecule has 0 saturated heterocycles. The molecular weight excluding hydrogens is 315 g/mol. The summed E-state index contributed by atoms with van der Waals surface area (Å²) in [6, 6.07) is 0.956. The highest BCUT2D eigenvalue weighted by molar-refractivity contribution is 6.31. The molecule has 8 heteroatoms. The van der Waals surface area contributed by atoms with Crippen LogP contribution in [0.5, 0.6) is 0 Å². The summed E-state index contributed by atoms with van der Waals surface area (Å²) in [5, 5.41) is 22.4. The maximum absolute atomic E-state index is 13.1. The molecule has 2 unspecified atom stereocenters. The third kappa shape index (κ3) is 6.13. The van der Waals surface area contributed by atoms with Crippen molar-refractivity contribution in [3.63, 3.8) is 0 Å². The Morgan fingerprint density at radius 3 is 2.73 bits per heavy atom. The second-order valence-electron chi connectivity index (χ2n) is 5.76. The lowest BCUT2D eigenvalue weighted by atomic mass is 10.0. The highest BCUT2D eigenvalue weighted by atomic mass is 35.5. The van der Waals surface area contributed by atoms with E-state index in [1.54, 1.807) is 20.8 Å². The van der Waals surface area contributed by atoms with Gasteiger partial charge in [-0.15, -0.1) is 0 Å². The maximum Gasteiger partial charge on any atom is 0.407 e. The lowest BCUT2D eigenvalue weighted by Gasteiger charge is -2.21. The predicted octanol–water partition coefficient (Wildman–Crippen LogP) is 2.18. The average molecular weight is 335 g/mol. The van der Waals surface area contributed by atoms with Crippen LogP contribution < -0.4 is 5.32 Å². The van der Waals surface area contributed by atoms with Crippen LogP contribution in [0.25, 0.3) is 0 Å². The Morgan fingerprint density at radius 1 is 1.50 bits per heavy atom. The van der Waals surface area contributed by atoms with E-state index < -0.39 is 29.8 Å². The molecule has 0 aliphatic carbocycles. The lowest BCUT2D eigenvalue weighted by Crippen LogP contribution is -2.34. The van der Waals surface area contributed by atoms with Gasteiger partial charge in [0.25, 0.3) is 0 Å². The monoisotopic (exact) mass is 334 g/mol. The number of aliphatic hydroxyl groups is 2. The zero-order valence-electron chi connectivity index (χ0n) is 12.6. The minimum absolute atomic E-state index is 0.0407. The summed E-state index contributed by atoms with van der Waals surface area (Å²) >= 11 is 5.80. The molecule has 1 aromatic rings. The van der Waals surface area contributed by atoms with Gasteiger partial charge in [0.15, 0.2) is 0 Å². The third-order valence-electron chi connectivity index (χ3n) is 2.64. The normalized spacial score (nSPS) is 14.3. The first kappa shape index (κ1) is 18.6. The number of hydrogen-bond acceptors (Lipinski definition) is 5. The molecular formula is C14H20ClFN2O4. The number of alkyl carbamates (subject to hydrolysis) is 1. The van der Waals surface area contributed by atoms with Crippen LogP contribution in [0.4, 0.5) is 9.18 Å². The number of nitrogens with zero attached hydrogens (tertiary/aromatic N) is 1. The van der Waals surface area contributed by atoms with Crippen LogP contribution in [0.15, 0.2) is 12.3 Å². The Balaban J connectivity index is 2.50. The van der Waals surface area contributed by atoms with E-state index in [-0.39, 0.29) is 23.6 Å². The van der Waals surface area contributed by atoms with E-state index >= 15 is 0 Å². The van der Waals surface area contributed by atoms with E-state index in [0.717, 1.165) is 12.3 Å². The number of aliphatic hydroxyl groups excluding tert-OH is 2. The molecule has 22 heavy (non-hydrogen) atoms. The number of halogens is 2. The van der Waals surface area contributed by atoms with Gasteiger partial charge in [-0.2, -0.15) is 4.39 Å². The van der Waals surface area contributed by atoms with Crippen LogP contribution in [0, 0.1) is 5.95 Å². The number of carbonyl (C=O) groups excluding carboxylic acids is 1. The van der Waals surface area contributed by atoms with E-state index in [9.17, 15) is 19.4 Å². The van der Waals surface area contributed by atoms with Crippen molar-refractivity contribution in [3.8, 4) is 0 Å². The summed E-state index contributed by atoms with van der Waals surface area (Å²) in [4.78, 5) is 14.8. The summed E-state index contributed by atoms with van der Waals surface area (Å²) < 4.78 is 18.1. The van der Waals surface area contributed by atoms with Gasteiger partial charge in [-0.05, 0) is 27.2 Å². The molecule has 0 aliphatic rings. The van der Waals surface area contributed by atoms with Gasteiger partial charge in [-0.25, -0.2) is 9.78 Å². The smallest absolute Gasteiger partial charge is 0.407 e. The Hall–Kier alpha value is -1.44. The summed E-state index contributed by atoms with van der Waals surface area (Å²) in [5.74, 6) is -0.808. The van der Waals surface area contributed by atoms with Crippen molar-refractivity contribution < 1.29 is 24.1 Å². The molecule has 0 spiro atoms. The molecule has 1 rings (SSSR count). The summed E-state index contributed by atoms with van der Waals surface area (Å²) in [7, 11) is 0. The van der Waals surface area contributed by atoms with Gasteiger partial charge >= 0.3 is 6.09 Å². The Bertz CT molecular complexity index is 522. The first-order valence-electron chi connectivity index (χ1n) is 6.74. The number of nitrogens with one attached hydrogen (secondary N) is 1. The number of ether oxygens (including phenoxy) is 1. The van der Waals surface area contributed by atoms with Gasteiger partial charge in [0, 0.05) is 24.4 Å². The highest BCUT2D eigenvalue weighted by Crippen LogP contribution is 2.26. The minimum Gasteiger partial charge on any atom is -0.444 e. The molecule has 6 nitrogen and oxygen atoms in total. The van der Waals surface area contributed by atoms with Gasteiger partial charge in [0.1, 0.15) is 11.7 Å². The van der Waals surface area contributed by atoms with Crippen LogP contribution >= 0.6 is 11.6 Å². The number of carbonyl (C=O) groups is 1. The third-order valence-corrected chi connectivity index (χ3v) is 2.96. The van der Waals surface area contributed by atoms with Gasteiger partial charge in [0.05, 0.1) is 11.1 Å². The van der Waals surface area contributed by atoms with Crippen LogP contribution in [-0.4, -0.2) is 39.5 Å². The van der Waals surface area contributed by atoms with E-state index in [2.05, 4.69) is 10.3 Å². The highest BCUT2D eigenvalue weighted by Gasteiger charge is 2.22. The van der Waals surface area contributed by atoms with E-state index in [1.807, 2.05) is 0 Å². The average Bonchev–Trinajstić information content (AvgIpc) is 2.38. The number of amides is 1. The van der Waals surface area contributed by atoms with Crippen molar-refractivity contribution >= 4 is 17.7 Å².